The maximum atomic E-state index is 12.1. The Morgan fingerprint density at radius 1 is 0.906 bits per heavy atom. The number of alkyl carbamates (subject to hydrolysis) is 2. The molecule has 2 rings (SSSR count). The van der Waals surface area contributed by atoms with Crippen molar-refractivity contribution in [1.82, 2.24) is 10.6 Å². The Morgan fingerprint density at radius 2 is 1.56 bits per heavy atom. The van der Waals surface area contributed by atoms with E-state index in [2.05, 4.69) is 32.8 Å². The molecule has 174 valence electrons. The van der Waals surface area contributed by atoms with E-state index < -0.39 is 23.7 Å². The van der Waals surface area contributed by atoms with Gasteiger partial charge in [-0.1, -0.05) is 44.2 Å². The second kappa shape index (κ2) is 12.4. The summed E-state index contributed by atoms with van der Waals surface area (Å²) in [4.78, 5) is 35.1. The molecule has 1 aromatic carbocycles. The molecule has 1 aromatic rings. The highest BCUT2D eigenvalue weighted by atomic mass is 16.6. The van der Waals surface area contributed by atoms with E-state index in [-0.39, 0.29) is 13.2 Å². The zero-order valence-corrected chi connectivity index (χ0v) is 18.7. The Kier molecular flexibility index (Phi) is 9.59. The summed E-state index contributed by atoms with van der Waals surface area (Å²) in [5, 5.41) is 7.92. The molecule has 0 heterocycles. The number of benzene rings is 1. The van der Waals surface area contributed by atoms with E-state index >= 15 is 0 Å². The average Bonchev–Trinajstić information content (AvgIpc) is 2.80. The van der Waals surface area contributed by atoms with Crippen LogP contribution >= 0.6 is 0 Å². The van der Waals surface area contributed by atoms with Crippen molar-refractivity contribution in [2.24, 2.45) is 5.41 Å². The summed E-state index contributed by atoms with van der Waals surface area (Å²) in [6.45, 7) is 4.58. The van der Waals surface area contributed by atoms with Crippen LogP contribution in [-0.4, -0.2) is 45.1 Å². The van der Waals surface area contributed by atoms with E-state index in [1.54, 1.807) is 24.3 Å². The number of nitrogens with one attached hydrogen (secondary N) is 3. The van der Waals surface area contributed by atoms with Crippen LogP contribution in [0, 0.1) is 5.41 Å². The lowest BCUT2D eigenvalue weighted by molar-refractivity contribution is 0.0514. The van der Waals surface area contributed by atoms with Crippen LogP contribution in [0.3, 0.4) is 0 Å². The Labute approximate surface area is 188 Å². The monoisotopic (exact) mass is 445 g/mol. The summed E-state index contributed by atoms with van der Waals surface area (Å²) in [6, 6.07) is 6.93. The van der Waals surface area contributed by atoms with E-state index in [1.165, 1.54) is 7.11 Å². The molecule has 32 heavy (non-hydrogen) atoms. The zero-order chi connectivity index (χ0) is 23.4. The van der Waals surface area contributed by atoms with E-state index in [1.807, 2.05) is 19.9 Å². The highest BCUT2D eigenvalue weighted by molar-refractivity contribution is 5.84. The molecule has 1 aliphatic carbocycles. The van der Waals surface area contributed by atoms with Crippen LogP contribution in [0.4, 0.5) is 20.1 Å². The molecule has 0 atom stereocenters. The van der Waals surface area contributed by atoms with Crippen LogP contribution in [0.15, 0.2) is 48.1 Å². The van der Waals surface area contributed by atoms with Crippen LogP contribution in [-0.2, 0) is 20.8 Å². The fourth-order valence-electron chi connectivity index (χ4n) is 2.69. The number of hydrogen-bond acceptors (Lipinski definition) is 6. The van der Waals surface area contributed by atoms with Gasteiger partial charge in [-0.15, -0.1) is 0 Å². The first kappa shape index (κ1) is 24.8. The van der Waals surface area contributed by atoms with Crippen molar-refractivity contribution in [3.63, 3.8) is 0 Å². The first-order valence-electron chi connectivity index (χ1n) is 10.4. The first-order valence-corrected chi connectivity index (χ1v) is 10.4. The summed E-state index contributed by atoms with van der Waals surface area (Å²) >= 11 is 0. The number of carbonyl (C=O) groups is 3. The molecule has 0 fully saturated rings. The number of ether oxygens (including phenoxy) is 3. The van der Waals surface area contributed by atoms with E-state index in [9.17, 15) is 14.4 Å². The second-order valence-corrected chi connectivity index (χ2v) is 8.10. The molecule has 1 aliphatic rings. The van der Waals surface area contributed by atoms with Gasteiger partial charge in [0.25, 0.3) is 0 Å². The SMILES string of the molecule is COC(=O)NCc1ccc(NC(=O)OCC(C)(C)COC(=O)NCC2=CCCC=C2)cc1. The van der Waals surface area contributed by atoms with Crippen LogP contribution in [0.1, 0.15) is 32.3 Å². The predicted molar refractivity (Wildman–Crippen MR) is 120 cm³/mol. The van der Waals surface area contributed by atoms with Gasteiger partial charge in [0, 0.05) is 24.2 Å². The smallest absolute Gasteiger partial charge is 0.411 e. The second-order valence-electron chi connectivity index (χ2n) is 8.10. The van der Waals surface area contributed by atoms with Gasteiger partial charge in [-0.25, -0.2) is 14.4 Å². The molecular formula is C23H31N3O6. The largest absolute Gasteiger partial charge is 0.453 e. The van der Waals surface area contributed by atoms with E-state index in [0.29, 0.717) is 18.8 Å². The minimum Gasteiger partial charge on any atom is -0.453 e. The molecule has 0 unspecified atom stereocenters. The number of allylic oxidation sites excluding steroid dienone is 2. The molecule has 9 heteroatoms. The Bertz CT molecular complexity index is 846. The number of methoxy groups -OCH3 is 1. The minimum atomic E-state index is -0.612. The van der Waals surface area contributed by atoms with Crippen molar-refractivity contribution >= 4 is 24.0 Å². The third-order valence-electron chi connectivity index (χ3n) is 4.52. The number of rotatable bonds is 9. The third-order valence-corrected chi connectivity index (χ3v) is 4.52. The lowest BCUT2D eigenvalue weighted by Gasteiger charge is -2.23. The van der Waals surface area contributed by atoms with Crippen molar-refractivity contribution in [2.45, 2.75) is 33.2 Å². The molecule has 0 radical (unpaired) electrons. The minimum absolute atomic E-state index is 0.0706. The summed E-state index contributed by atoms with van der Waals surface area (Å²) in [6.07, 6.45) is 6.52. The van der Waals surface area contributed by atoms with Crippen LogP contribution in [0.2, 0.25) is 0 Å². The van der Waals surface area contributed by atoms with Gasteiger partial charge in [0.15, 0.2) is 0 Å². The number of amides is 3. The van der Waals surface area contributed by atoms with Gasteiger partial charge in [0.2, 0.25) is 0 Å². The fourth-order valence-corrected chi connectivity index (χ4v) is 2.69. The van der Waals surface area contributed by atoms with Crippen molar-refractivity contribution in [2.75, 3.05) is 32.2 Å². The maximum Gasteiger partial charge on any atom is 0.411 e. The zero-order valence-electron chi connectivity index (χ0n) is 18.7. The quantitative estimate of drug-likeness (QED) is 0.493. The molecule has 9 nitrogen and oxygen atoms in total. The Hall–Kier alpha value is -3.49. The van der Waals surface area contributed by atoms with Crippen LogP contribution in [0.25, 0.3) is 0 Å². The molecular weight excluding hydrogens is 414 g/mol. The lowest BCUT2D eigenvalue weighted by Crippen LogP contribution is -2.33. The molecule has 3 N–H and O–H groups in total. The molecule has 3 amide bonds. The van der Waals surface area contributed by atoms with Crippen molar-refractivity contribution in [3.8, 4) is 0 Å². The van der Waals surface area contributed by atoms with Gasteiger partial charge in [0.1, 0.15) is 13.2 Å². The molecule has 0 saturated carbocycles. The first-order chi connectivity index (χ1) is 15.3. The van der Waals surface area contributed by atoms with Crippen LogP contribution in [0.5, 0.6) is 0 Å². The van der Waals surface area contributed by atoms with E-state index in [4.69, 9.17) is 9.47 Å². The molecule has 0 aliphatic heterocycles. The van der Waals surface area contributed by atoms with Gasteiger partial charge >= 0.3 is 18.3 Å². The van der Waals surface area contributed by atoms with Gasteiger partial charge < -0.3 is 24.8 Å². The Morgan fingerprint density at radius 3 is 2.19 bits per heavy atom. The van der Waals surface area contributed by atoms with Crippen molar-refractivity contribution < 1.29 is 28.6 Å². The number of hydrogen-bond donors (Lipinski definition) is 3. The van der Waals surface area contributed by atoms with Gasteiger partial charge in [-0.3, -0.25) is 5.32 Å². The summed E-state index contributed by atoms with van der Waals surface area (Å²) in [7, 11) is 1.30. The van der Waals surface area contributed by atoms with Gasteiger partial charge in [-0.2, -0.15) is 0 Å². The highest BCUT2D eigenvalue weighted by Crippen LogP contribution is 2.17. The van der Waals surface area contributed by atoms with E-state index in [0.717, 1.165) is 24.0 Å². The maximum absolute atomic E-state index is 12.1. The number of carbonyl (C=O) groups excluding carboxylic acids is 3. The molecule has 0 saturated heterocycles. The highest BCUT2D eigenvalue weighted by Gasteiger charge is 2.23. The lowest BCUT2D eigenvalue weighted by atomic mass is 9.96. The third kappa shape index (κ3) is 9.55. The number of anilines is 1. The van der Waals surface area contributed by atoms with Gasteiger partial charge in [-0.05, 0) is 36.1 Å². The predicted octanol–water partition coefficient (Wildman–Crippen LogP) is 4.12. The topological polar surface area (TPSA) is 115 Å². The Balaban J connectivity index is 1.67. The van der Waals surface area contributed by atoms with Crippen molar-refractivity contribution in [3.05, 3.63) is 53.6 Å². The van der Waals surface area contributed by atoms with Crippen LogP contribution < -0.4 is 16.0 Å². The average molecular weight is 446 g/mol. The molecule has 0 bridgehead atoms. The molecule has 0 aromatic heterocycles. The summed E-state index contributed by atoms with van der Waals surface area (Å²) in [5.41, 5.74) is 1.90. The van der Waals surface area contributed by atoms with Gasteiger partial charge in [0.05, 0.1) is 7.11 Å². The standard InChI is InChI=1S/C23H31N3O6/c1-23(2,15-31-21(28)25-13-17-7-5-4-6-8-17)16-32-22(29)26-19-11-9-18(10-12-19)14-24-20(27)30-3/h5,7-12H,4,6,13-16H2,1-3H3,(H,24,27)(H,25,28)(H,26,29). The van der Waals surface area contributed by atoms with Crippen molar-refractivity contribution in [1.29, 1.82) is 0 Å². The fraction of sp³-hybridized carbons (Fsp3) is 0.435. The summed E-state index contributed by atoms with van der Waals surface area (Å²) in [5.74, 6) is 0. The normalized spacial score (nSPS) is 12.9. The summed E-state index contributed by atoms with van der Waals surface area (Å²) < 4.78 is 15.0. The molecule has 0 spiro atoms.